The second-order valence-electron chi connectivity index (χ2n) is 3.24. The molecule has 0 saturated carbocycles. The maximum absolute atomic E-state index is 11.5. The molecule has 0 radical (unpaired) electrons. The van der Waals surface area contributed by atoms with Gasteiger partial charge in [-0.25, -0.2) is 4.68 Å². The molecule has 0 amide bonds. The molecule has 0 spiro atoms. The Morgan fingerprint density at radius 3 is 2.50 bits per heavy atom. The summed E-state index contributed by atoms with van der Waals surface area (Å²) in [6.45, 7) is 2.10. The van der Waals surface area contributed by atoms with Crippen LogP contribution in [0.15, 0.2) is 23.0 Å². The zero-order valence-corrected chi connectivity index (χ0v) is 10.7. The van der Waals surface area contributed by atoms with Crippen molar-refractivity contribution >= 4 is 34.5 Å². The minimum atomic E-state index is -0.103. The number of rotatable bonds is 2. The summed E-state index contributed by atoms with van der Waals surface area (Å²) in [5.41, 5.74) is 0.721. The maximum Gasteiger partial charge on any atom is 0.325 e. The number of nitrogens with zero attached hydrogens (tertiary/aromatic N) is 2. The third-order valence-corrected chi connectivity index (χ3v) is 3.55. The number of halogens is 2. The first kappa shape index (κ1) is 11.6. The van der Waals surface area contributed by atoms with Crippen LogP contribution in [0.5, 0.6) is 0 Å². The van der Waals surface area contributed by atoms with Gasteiger partial charge in [-0.1, -0.05) is 40.6 Å². The van der Waals surface area contributed by atoms with E-state index in [0.717, 1.165) is 21.9 Å². The van der Waals surface area contributed by atoms with Gasteiger partial charge in [0.2, 0.25) is 0 Å². The van der Waals surface area contributed by atoms with Crippen LogP contribution in [-0.4, -0.2) is 9.78 Å². The lowest BCUT2D eigenvalue weighted by atomic mass is 10.2. The van der Waals surface area contributed by atoms with E-state index in [2.05, 4.69) is 5.10 Å². The average Bonchev–Trinajstić information content (AvgIpc) is 2.51. The third kappa shape index (κ3) is 2.29. The highest BCUT2D eigenvalue weighted by Gasteiger charge is 2.09. The zero-order chi connectivity index (χ0) is 11.7. The predicted molar refractivity (Wildman–Crippen MR) is 66.7 cm³/mol. The average molecular weight is 275 g/mol. The third-order valence-electron chi connectivity index (χ3n) is 2.08. The van der Waals surface area contributed by atoms with E-state index in [1.54, 1.807) is 25.1 Å². The van der Waals surface area contributed by atoms with Crippen LogP contribution in [0.1, 0.15) is 10.6 Å². The summed E-state index contributed by atoms with van der Waals surface area (Å²) in [5, 5.41) is 5.92. The van der Waals surface area contributed by atoms with Gasteiger partial charge in [-0.05, 0) is 19.1 Å². The predicted octanol–water partition coefficient (Wildman–Crippen LogP) is 2.97. The van der Waals surface area contributed by atoms with E-state index in [9.17, 15) is 4.79 Å². The van der Waals surface area contributed by atoms with Crippen LogP contribution in [0.3, 0.4) is 0 Å². The minimum Gasteiger partial charge on any atom is -0.255 e. The van der Waals surface area contributed by atoms with Gasteiger partial charge >= 0.3 is 4.87 Å². The molecule has 16 heavy (non-hydrogen) atoms. The molecule has 84 valence electrons. The molecule has 3 nitrogen and oxygen atoms in total. The lowest BCUT2D eigenvalue weighted by Gasteiger charge is -2.05. The Hall–Kier alpha value is -0.840. The molecule has 0 aliphatic rings. The molecular weight excluding hydrogens is 267 g/mol. The van der Waals surface area contributed by atoms with Gasteiger partial charge in [-0.15, -0.1) is 0 Å². The number of hydrogen-bond donors (Lipinski definition) is 0. The lowest BCUT2D eigenvalue weighted by molar-refractivity contribution is 0.659. The lowest BCUT2D eigenvalue weighted by Crippen LogP contribution is -2.16. The highest BCUT2D eigenvalue weighted by atomic mass is 35.5. The molecule has 1 aromatic carbocycles. The smallest absolute Gasteiger partial charge is 0.255 e. The SMILES string of the molecule is Cc1nn(Cc2c(Cl)cccc2Cl)c(=O)s1. The molecule has 0 fully saturated rings. The van der Waals surface area contributed by atoms with Crippen molar-refractivity contribution in [3.8, 4) is 0 Å². The Bertz CT molecular complexity index is 556. The fourth-order valence-corrected chi connectivity index (χ4v) is 2.46. The first-order chi connectivity index (χ1) is 7.58. The van der Waals surface area contributed by atoms with Crippen LogP contribution < -0.4 is 4.87 Å². The largest absolute Gasteiger partial charge is 0.325 e. The summed E-state index contributed by atoms with van der Waals surface area (Å²) in [6.07, 6.45) is 0. The summed E-state index contributed by atoms with van der Waals surface area (Å²) < 4.78 is 1.37. The molecule has 1 heterocycles. The topological polar surface area (TPSA) is 34.9 Å². The summed E-state index contributed by atoms with van der Waals surface area (Å²) in [6, 6.07) is 5.25. The molecule has 0 saturated heterocycles. The maximum atomic E-state index is 11.5. The molecule has 0 bridgehead atoms. The standard InChI is InChI=1S/C10H8Cl2N2OS/c1-6-13-14(10(15)16-6)5-7-8(11)3-2-4-9(7)12/h2-4H,5H2,1H3. The Morgan fingerprint density at radius 2 is 2.00 bits per heavy atom. The van der Waals surface area contributed by atoms with Gasteiger partial charge in [0.1, 0.15) is 5.01 Å². The molecule has 0 aliphatic carbocycles. The van der Waals surface area contributed by atoms with E-state index in [4.69, 9.17) is 23.2 Å². The van der Waals surface area contributed by atoms with Crippen molar-refractivity contribution in [1.82, 2.24) is 9.78 Å². The Labute approximate surface area is 106 Å². The van der Waals surface area contributed by atoms with Crippen molar-refractivity contribution in [3.63, 3.8) is 0 Å². The normalized spacial score (nSPS) is 10.7. The van der Waals surface area contributed by atoms with E-state index in [-0.39, 0.29) is 4.87 Å². The Balaban J connectivity index is 2.41. The summed E-state index contributed by atoms with van der Waals surface area (Å²) in [5.74, 6) is 0. The quantitative estimate of drug-likeness (QED) is 0.844. The van der Waals surface area contributed by atoms with Gasteiger partial charge < -0.3 is 0 Å². The van der Waals surface area contributed by atoms with Crippen molar-refractivity contribution in [2.45, 2.75) is 13.5 Å². The van der Waals surface area contributed by atoms with Crippen LogP contribution in [0, 0.1) is 6.92 Å². The van der Waals surface area contributed by atoms with Gasteiger partial charge in [0.05, 0.1) is 6.54 Å². The second-order valence-corrected chi connectivity index (χ2v) is 5.20. The van der Waals surface area contributed by atoms with Gasteiger partial charge in [0.25, 0.3) is 0 Å². The number of hydrogen-bond acceptors (Lipinski definition) is 3. The molecule has 6 heteroatoms. The molecular formula is C10H8Cl2N2OS. The molecule has 0 unspecified atom stereocenters. The van der Waals surface area contributed by atoms with E-state index >= 15 is 0 Å². The monoisotopic (exact) mass is 274 g/mol. The highest BCUT2D eigenvalue weighted by Crippen LogP contribution is 2.24. The van der Waals surface area contributed by atoms with Crippen molar-refractivity contribution in [2.75, 3.05) is 0 Å². The van der Waals surface area contributed by atoms with Crippen molar-refractivity contribution in [1.29, 1.82) is 0 Å². The van der Waals surface area contributed by atoms with E-state index in [1.807, 2.05) is 0 Å². The van der Waals surface area contributed by atoms with Gasteiger partial charge in [0, 0.05) is 15.6 Å². The molecule has 2 aromatic rings. The van der Waals surface area contributed by atoms with Crippen LogP contribution in [-0.2, 0) is 6.54 Å². The molecule has 1 aromatic heterocycles. The van der Waals surface area contributed by atoms with Crippen LogP contribution >= 0.6 is 34.5 Å². The Kier molecular flexibility index (Phi) is 3.33. The van der Waals surface area contributed by atoms with Crippen LogP contribution in [0.25, 0.3) is 0 Å². The fourth-order valence-electron chi connectivity index (χ4n) is 1.34. The van der Waals surface area contributed by atoms with E-state index < -0.39 is 0 Å². The molecule has 0 atom stereocenters. The van der Waals surface area contributed by atoms with E-state index in [1.165, 1.54) is 4.68 Å². The second kappa shape index (κ2) is 4.57. The van der Waals surface area contributed by atoms with Crippen molar-refractivity contribution in [2.24, 2.45) is 0 Å². The minimum absolute atomic E-state index is 0.103. The van der Waals surface area contributed by atoms with Crippen LogP contribution in [0.4, 0.5) is 0 Å². The first-order valence-electron chi connectivity index (χ1n) is 4.55. The summed E-state index contributed by atoms with van der Waals surface area (Å²) >= 11 is 13.1. The van der Waals surface area contributed by atoms with Crippen molar-refractivity contribution < 1.29 is 0 Å². The molecule has 0 aliphatic heterocycles. The zero-order valence-electron chi connectivity index (χ0n) is 8.41. The van der Waals surface area contributed by atoms with Gasteiger partial charge in [-0.2, -0.15) is 5.10 Å². The van der Waals surface area contributed by atoms with Crippen LogP contribution in [0.2, 0.25) is 10.0 Å². The Morgan fingerprint density at radius 1 is 1.38 bits per heavy atom. The van der Waals surface area contributed by atoms with Gasteiger partial charge in [-0.3, -0.25) is 4.79 Å². The summed E-state index contributed by atoms with van der Waals surface area (Å²) in [7, 11) is 0. The number of benzene rings is 1. The summed E-state index contributed by atoms with van der Waals surface area (Å²) in [4.78, 5) is 11.4. The molecule has 2 rings (SSSR count). The first-order valence-corrected chi connectivity index (χ1v) is 6.12. The number of aromatic nitrogens is 2. The fraction of sp³-hybridized carbons (Fsp3) is 0.200. The van der Waals surface area contributed by atoms with Gasteiger partial charge in [0.15, 0.2) is 0 Å². The highest BCUT2D eigenvalue weighted by molar-refractivity contribution is 7.08. The number of aryl methyl sites for hydroxylation is 1. The van der Waals surface area contributed by atoms with Crippen molar-refractivity contribution in [3.05, 3.63) is 48.5 Å². The van der Waals surface area contributed by atoms with E-state index in [0.29, 0.717) is 16.6 Å². The molecule has 0 N–H and O–H groups in total.